The quantitative estimate of drug-likeness (QED) is 0.725. The van der Waals surface area contributed by atoms with Crippen molar-refractivity contribution in [3.8, 4) is 5.69 Å². The summed E-state index contributed by atoms with van der Waals surface area (Å²) in [6, 6.07) is 15.3. The van der Waals surface area contributed by atoms with Gasteiger partial charge in [-0.05, 0) is 29.8 Å². The number of benzene rings is 2. The second kappa shape index (κ2) is 6.84. The predicted molar refractivity (Wildman–Crippen MR) is 93.4 cm³/mol. The molecule has 0 saturated carbocycles. The summed E-state index contributed by atoms with van der Waals surface area (Å²) in [6.45, 7) is 0.411. The van der Waals surface area contributed by atoms with Crippen molar-refractivity contribution in [3.05, 3.63) is 87.6 Å². The summed E-state index contributed by atoms with van der Waals surface area (Å²) in [5.74, 6) is -0.301. The molecule has 0 aliphatic carbocycles. The van der Waals surface area contributed by atoms with E-state index in [1.54, 1.807) is 30.1 Å². The molecule has 3 rings (SSSR count). The highest BCUT2D eigenvalue weighted by atomic mass is 35.5. The molecule has 4 nitrogen and oxygen atoms in total. The lowest BCUT2D eigenvalue weighted by Crippen LogP contribution is -2.26. The summed E-state index contributed by atoms with van der Waals surface area (Å²) < 4.78 is 14.5. The Morgan fingerprint density at radius 1 is 1.17 bits per heavy atom. The second-order valence-corrected chi connectivity index (χ2v) is 5.76. The number of nitrogens with zero attached hydrogens (tertiary/aromatic N) is 3. The van der Waals surface area contributed by atoms with Gasteiger partial charge >= 0.3 is 0 Å². The Balaban J connectivity index is 1.92. The molecule has 122 valence electrons. The molecule has 0 fully saturated rings. The maximum absolute atomic E-state index is 13.3. The van der Waals surface area contributed by atoms with Gasteiger partial charge in [0, 0.05) is 13.6 Å². The Bertz CT molecular complexity index is 912. The molecule has 0 amide bonds. The van der Waals surface area contributed by atoms with Gasteiger partial charge in [0.15, 0.2) is 0 Å². The van der Waals surface area contributed by atoms with E-state index in [9.17, 15) is 9.18 Å². The zero-order valence-corrected chi connectivity index (χ0v) is 13.7. The monoisotopic (exact) mass is 343 g/mol. The molecular weight excluding hydrogens is 329 g/mol. The number of rotatable bonds is 4. The molecule has 0 unspecified atom stereocenters. The van der Waals surface area contributed by atoms with E-state index in [4.69, 9.17) is 11.6 Å². The van der Waals surface area contributed by atoms with Crippen molar-refractivity contribution in [3.63, 3.8) is 0 Å². The Kier molecular flexibility index (Phi) is 4.62. The molecule has 0 bridgehead atoms. The van der Waals surface area contributed by atoms with Gasteiger partial charge in [0.05, 0.1) is 17.6 Å². The lowest BCUT2D eigenvalue weighted by Gasteiger charge is -2.20. The van der Waals surface area contributed by atoms with Crippen LogP contribution in [0.4, 0.5) is 10.1 Å². The van der Waals surface area contributed by atoms with Gasteiger partial charge in [0.2, 0.25) is 0 Å². The zero-order chi connectivity index (χ0) is 17.1. The van der Waals surface area contributed by atoms with E-state index in [1.807, 2.05) is 24.3 Å². The van der Waals surface area contributed by atoms with Crippen LogP contribution in [0.2, 0.25) is 5.02 Å². The van der Waals surface area contributed by atoms with Crippen molar-refractivity contribution >= 4 is 17.3 Å². The number of anilines is 1. The molecule has 0 saturated heterocycles. The molecule has 0 radical (unpaired) electrons. The second-order valence-electron chi connectivity index (χ2n) is 5.38. The van der Waals surface area contributed by atoms with Crippen LogP contribution in [0.1, 0.15) is 5.56 Å². The summed E-state index contributed by atoms with van der Waals surface area (Å²) in [6.07, 6.45) is 1.54. The minimum Gasteiger partial charge on any atom is -0.368 e. The van der Waals surface area contributed by atoms with Crippen LogP contribution in [0.15, 0.2) is 65.6 Å². The van der Waals surface area contributed by atoms with Gasteiger partial charge in [-0.2, -0.15) is 9.78 Å². The first-order chi connectivity index (χ1) is 11.6. The fraction of sp³-hybridized carbons (Fsp3) is 0.111. The molecule has 0 N–H and O–H groups in total. The van der Waals surface area contributed by atoms with Gasteiger partial charge in [-0.3, -0.25) is 4.79 Å². The van der Waals surface area contributed by atoms with Gasteiger partial charge in [0.1, 0.15) is 10.8 Å². The number of para-hydroxylation sites is 1. The average molecular weight is 344 g/mol. The summed E-state index contributed by atoms with van der Waals surface area (Å²) in [7, 11) is 1.78. The standard InChI is InChI=1S/C18H15ClFN3O/c1-22(12-13-6-5-7-14(20)10-13)16-11-21-23(18(24)17(16)19)15-8-3-2-4-9-15/h2-11H,12H2,1H3. The van der Waals surface area contributed by atoms with Crippen LogP contribution in [-0.2, 0) is 6.54 Å². The van der Waals surface area contributed by atoms with Crippen LogP contribution in [0, 0.1) is 5.82 Å². The van der Waals surface area contributed by atoms with E-state index in [2.05, 4.69) is 5.10 Å². The van der Waals surface area contributed by atoms with Gasteiger partial charge < -0.3 is 4.90 Å². The molecule has 0 aliphatic heterocycles. The van der Waals surface area contributed by atoms with Crippen molar-refractivity contribution in [1.29, 1.82) is 0 Å². The third kappa shape index (κ3) is 3.31. The van der Waals surface area contributed by atoms with Crippen LogP contribution in [0.25, 0.3) is 5.69 Å². The lowest BCUT2D eigenvalue weighted by molar-refractivity contribution is 0.625. The number of hydrogen-bond acceptors (Lipinski definition) is 3. The van der Waals surface area contributed by atoms with Crippen molar-refractivity contribution in [1.82, 2.24) is 9.78 Å². The minimum atomic E-state index is -0.397. The smallest absolute Gasteiger partial charge is 0.292 e. The normalized spacial score (nSPS) is 10.6. The molecular formula is C18H15ClFN3O. The molecule has 1 heterocycles. The van der Waals surface area contributed by atoms with E-state index >= 15 is 0 Å². The number of hydrogen-bond donors (Lipinski definition) is 0. The molecule has 0 aliphatic rings. The first-order valence-corrected chi connectivity index (χ1v) is 7.73. The molecule has 3 aromatic rings. The fourth-order valence-corrected chi connectivity index (χ4v) is 2.71. The lowest BCUT2D eigenvalue weighted by atomic mass is 10.2. The van der Waals surface area contributed by atoms with Gasteiger partial charge in [-0.25, -0.2) is 4.39 Å². The average Bonchev–Trinajstić information content (AvgIpc) is 2.58. The summed E-state index contributed by atoms with van der Waals surface area (Å²) in [5, 5.41) is 4.27. The van der Waals surface area contributed by atoms with Crippen LogP contribution >= 0.6 is 11.6 Å². The SMILES string of the molecule is CN(Cc1cccc(F)c1)c1cnn(-c2ccccc2)c(=O)c1Cl. The van der Waals surface area contributed by atoms with Crippen molar-refractivity contribution in [2.75, 3.05) is 11.9 Å². The highest BCUT2D eigenvalue weighted by molar-refractivity contribution is 6.33. The summed E-state index contributed by atoms with van der Waals surface area (Å²) in [4.78, 5) is 14.2. The molecule has 0 spiro atoms. The van der Waals surface area contributed by atoms with Crippen molar-refractivity contribution in [2.24, 2.45) is 0 Å². The first kappa shape index (κ1) is 16.2. The minimum absolute atomic E-state index is 0.0766. The summed E-state index contributed by atoms with van der Waals surface area (Å²) >= 11 is 6.25. The van der Waals surface area contributed by atoms with Crippen LogP contribution in [0.3, 0.4) is 0 Å². The van der Waals surface area contributed by atoms with Crippen LogP contribution in [-0.4, -0.2) is 16.8 Å². The third-order valence-corrected chi connectivity index (χ3v) is 3.98. The molecule has 6 heteroatoms. The van der Waals surface area contributed by atoms with Crippen molar-refractivity contribution in [2.45, 2.75) is 6.54 Å². The van der Waals surface area contributed by atoms with E-state index < -0.39 is 5.56 Å². The van der Waals surface area contributed by atoms with E-state index in [1.165, 1.54) is 23.0 Å². The fourth-order valence-electron chi connectivity index (χ4n) is 2.44. The largest absolute Gasteiger partial charge is 0.368 e. The van der Waals surface area contributed by atoms with Crippen LogP contribution < -0.4 is 10.5 Å². The first-order valence-electron chi connectivity index (χ1n) is 7.35. The zero-order valence-electron chi connectivity index (χ0n) is 13.0. The maximum atomic E-state index is 13.3. The van der Waals surface area contributed by atoms with E-state index in [0.717, 1.165) is 5.56 Å². The number of halogens is 2. The van der Waals surface area contributed by atoms with Gasteiger partial charge in [-0.1, -0.05) is 41.9 Å². The Labute approximate surface area is 143 Å². The highest BCUT2D eigenvalue weighted by Gasteiger charge is 2.14. The summed E-state index contributed by atoms with van der Waals surface area (Å²) in [5.41, 5.74) is 1.52. The van der Waals surface area contributed by atoms with E-state index in [0.29, 0.717) is 17.9 Å². The molecule has 2 aromatic carbocycles. The van der Waals surface area contributed by atoms with Crippen LogP contribution in [0.5, 0.6) is 0 Å². The molecule has 24 heavy (non-hydrogen) atoms. The maximum Gasteiger partial charge on any atom is 0.292 e. The van der Waals surface area contributed by atoms with Crippen molar-refractivity contribution < 1.29 is 4.39 Å². The topological polar surface area (TPSA) is 38.1 Å². The van der Waals surface area contributed by atoms with Gasteiger partial charge in [-0.15, -0.1) is 0 Å². The Morgan fingerprint density at radius 3 is 2.62 bits per heavy atom. The number of aromatic nitrogens is 2. The Hall–Kier alpha value is -2.66. The predicted octanol–water partition coefficient (Wildman–Crippen LogP) is 3.66. The highest BCUT2D eigenvalue weighted by Crippen LogP contribution is 2.22. The van der Waals surface area contributed by atoms with E-state index in [-0.39, 0.29) is 10.8 Å². The molecule has 1 aromatic heterocycles. The Morgan fingerprint density at radius 2 is 1.92 bits per heavy atom. The third-order valence-electron chi connectivity index (χ3n) is 3.62. The molecule has 0 atom stereocenters. The van der Waals surface area contributed by atoms with Gasteiger partial charge in [0.25, 0.3) is 5.56 Å².